The van der Waals surface area contributed by atoms with Gasteiger partial charge in [0.1, 0.15) is 23.1 Å². The molecule has 0 radical (unpaired) electrons. The molecule has 2 heterocycles. The largest absolute Gasteiger partial charge is 0.454 e. The molecule has 3 aromatic carbocycles. The quantitative estimate of drug-likeness (QED) is 0.184. The number of nitrogens with two attached hydrogens (primary N) is 2. The number of aromatic nitrogens is 3. The molecule has 0 amide bonds. The number of ether oxygens (including phenoxy) is 1. The number of carbonyl (C=O) groups is 1. The highest BCUT2D eigenvalue weighted by molar-refractivity contribution is 6.12. The zero-order chi connectivity index (χ0) is 24.9. The fourth-order valence-corrected chi connectivity index (χ4v) is 3.61. The van der Waals surface area contributed by atoms with Gasteiger partial charge in [0.2, 0.25) is 5.78 Å². The van der Waals surface area contributed by atoms with E-state index in [9.17, 15) is 22.4 Å². The van der Waals surface area contributed by atoms with Crippen molar-refractivity contribution < 1.29 is 27.1 Å². The van der Waals surface area contributed by atoms with Gasteiger partial charge in [0.25, 0.3) is 0 Å². The minimum atomic E-state index is -1.11. The summed E-state index contributed by atoms with van der Waals surface area (Å²) in [5.74, 6) is -5.05. The Hall–Kier alpha value is -4.80. The van der Waals surface area contributed by atoms with Crippen LogP contribution in [0.25, 0.3) is 16.6 Å². The lowest BCUT2D eigenvalue weighted by Gasteiger charge is -2.11. The van der Waals surface area contributed by atoms with E-state index >= 15 is 0 Å². The van der Waals surface area contributed by atoms with E-state index in [1.54, 1.807) is 0 Å². The van der Waals surface area contributed by atoms with Crippen molar-refractivity contribution in [3.8, 4) is 17.2 Å². The Balaban J connectivity index is 1.48. The summed E-state index contributed by atoms with van der Waals surface area (Å²) in [5, 5.41) is 4.26. The van der Waals surface area contributed by atoms with Crippen LogP contribution in [0.5, 0.6) is 11.5 Å². The van der Waals surface area contributed by atoms with Crippen LogP contribution in [0.2, 0.25) is 0 Å². The Morgan fingerprint density at radius 2 is 1.63 bits per heavy atom. The minimum Gasteiger partial charge on any atom is -0.454 e. The van der Waals surface area contributed by atoms with Crippen LogP contribution in [0.1, 0.15) is 16.1 Å². The zero-order valence-electron chi connectivity index (χ0n) is 17.7. The van der Waals surface area contributed by atoms with Gasteiger partial charge in [0.05, 0.1) is 23.1 Å². The standard InChI is InChI=1S/C24H15F4N5O2/c25-14-3-1-2-4-21(14)35-12-7-16(27)22(17(28)8-12)33-24(30)13(10-31-33)23(34)20-6-11-5-15(26)18(29)9-19(11)32-20/h1-10,32H,29-30H2. The van der Waals surface area contributed by atoms with Crippen molar-refractivity contribution >= 4 is 28.2 Å². The first kappa shape index (κ1) is 22.0. The molecule has 11 heteroatoms. The second-order valence-corrected chi connectivity index (χ2v) is 7.60. The number of H-pyrrole nitrogens is 1. The summed E-state index contributed by atoms with van der Waals surface area (Å²) >= 11 is 0. The van der Waals surface area contributed by atoms with Gasteiger partial charge < -0.3 is 21.2 Å². The lowest BCUT2D eigenvalue weighted by molar-refractivity contribution is 0.103. The Labute approximate surface area is 194 Å². The van der Waals surface area contributed by atoms with Crippen LogP contribution in [-0.4, -0.2) is 20.5 Å². The maximum absolute atomic E-state index is 14.9. The van der Waals surface area contributed by atoms with Crippen molar-refractivity contribution in [3.05, 3.63) is 95.3 Å². The number of halogens is 4. The third-order valence-corrected chi connectivity index (χ3v) is 5.30. The summed E-state index contributed by atoms with van der Waals surface area (Å²) in [5.41, 5.74) is 11.1. The van der Waals surface area contributed by atoms with Crippen molar-refractivity contribution in [2.45, 2.75) is 0 Å². The van der Waals surface area contributed by atoms with E-state index in [4.69, 9.17) is 16.2 Å². The molecule has 0 aliphatic carbocycles. The molecule has 0 saturated carbocycles. The van der Waals surface area contributed by atoms with Gasteiger partial charge in [-0.3, -0.25) is 4.79 Å². The summed E-state index contributed by atoms with van der Waals surface area (Å²) in [7, 11) is 0. The fourth-order valence-electron chi connectivity index (χ4n) is 3.61. The fraction of sp³-hybridized carbons (Fsp3) is 0. The molecular weight excluding hydrogens is 466 g/mol. The average molecular weight is 481 g/mol. The van der Waals surface area contributed by atoms with Crippen LogP contribution in [0.15, 0.2) is 60.8 Å². The molecule has 5 N–H and O–H groups in total. The molecule has 5 rings (SSSR count). The Morgan fingerprint density at radius 3 is 2.34 bits per heavy atom. The molecule has 2 aromatic heterocycles. The van der Waals surface area contributed by atoms with Crippen LogP contribution >= 0.6 is 0 Å². The smallest absolute Gasteiger partial charge is 0.214 e. The first-order valence-electron chi connectivity index (χ1n) is 10.1. The topological polar surface area (TPSA) is 112 Å². The van der Waals surface area contributed by atoms with Gasteiger partial charge in [0, 0.05) is 23.0 Å². The third-order valence-electron chi connectivity index (χ3n) is 5.30. The molecule has 0 spiro atoms. The molecule has 0 unspecified atom stereocenters. The molecule has 35 heavy (non-hydrogen) atoms. The van der Waals surface area contributed by atoms with Crippen LogP contribution in [0.4, 0.5) is 29.1 Å². The summed E-state index contributed by atoms with van der Waals surface area (Å²) in [6.07, 6.45) is 1.06. The van der Waals surface area contributed by atoms with E-state index in [1.165, 1.54) is 36.4 Å². The molecule has 0 saturated heterocycles. The number of ketones is 1. The Morgan fingerprint density at radius 1 is 0.914 bits per heavy atom. The lowest BCUT2D eigenvalue weighted by atomic mass is 10.1. The molecular formula is C24H15F4N5O2. The first-order valence-corrected chi connectivity index (χ1v) is 10.1. The number of carbonyl (C=O) groups excluding carboxylic acids is 1. The number of hydrogen-bond acceptors (Lipinski definition) is 5. The number of nitrogens with one attached hydrogen (secondary N) is 1. The number of benzene rings is 3. The Kier molecular flexibility index (Phi) is 5.16. The highest BCUT2D eigenvalue weighted by Gasteiger charge is 2.24. The van der Waals surface area contributed by atoms with E-state index in [0.29, 0.717) is 10.9 Å². The third kappa shape index (κ3) is 3.82. The number of hydrogen-bond donors (Lipinski definition) is 3. The lowest BCUT2D eigenvalue weighted by Crippen LogP contribution is -2.10. The predicted octanol–water partition coefficient (Wildman–Crippen LogP) is 5.10. The van der Waals surface area contributed by atoms with E-state index in [2.05, 4.69) is 10.1 Å². The normalized spacial score (nSPS) is 11.2. The summed E-state index contributed by atoms with van der Waals surface area (Å²) < 4.78 is 63.2. The van der Waals surface area contributed by atoms with Crippen LogP contribution < -0.4 is 16.2 Å². The van der Waals surface area contributed by atoms with Crippen LogP contribution in [-0.2, 0) is 0 Å². The van der Waals surface area contributed by atoms with Gasteiger partial charge >= 0.3 is 0 Å². The van der Waals surface area contributed by atoms with Crippen molar-refractivity contribution in [1.82, 2.24) is 14.8 Å². The van der Waals surface area contributed by atoms with Crippen molar-refractivity contribution in [3.63, 3.8) is 0 Å². The highest BCUT2D eigenvalue weighted by atomic mass is 19.1. The molecule has 7 nitrogen and oxygen atoms in total. The van der Waals surface area contributed by atoms with E-state index in [1.807, 2.05) is 0 Å². The monoisotopic (exact) mass is 481 g/mol. The SMILES string of the molecule is Nc1cc2[nH]c(C(=O)c3cnn(-c4c(F)cc(Oc5ccccc5F)cc4F)c3N)cc2cc1F. The second kappa shape index (κ2) is 8.20. The number of nitrogens with zero attached hydrogens (tertiary/aromatic N) is 2. The van der Waals surface area contributed by atoms with Gasteiger partial charge in [-0.1, -0.05) is 12.1 Å². The van der Waals surface area contributed by atoms with Gasteiger partial charge in [-0.05, 0) is 30.3 Å². The molecule has 0 bridgehead atoms. The van der Waals surface area contributed by atoms with E-state index in [0.717, 1.165) is 29.1 Å². The number of para-hydroxylation sites is 1. The Bertz CT molecular complexity index is 1560. The van der Waals surface area contributed by atoms with E-state index < -0.39 is 34.7 Å². The second-order valence-electron chi connectivity index (χ2n) is 7.60. The number of anilines is 2. The zero-order valence-corrected chi connectivity index (χ0v) is 17.7. The van der Waals surface area contributed by atoms with Crippen molar-refractivity contribution in [2.24, 2.45) is 0 Å². The first-order chi connectivity index (χ1) is 16.7. The molecule has 5 aromatic rings. The van der Waals surface area contributed by atoms with Gasteiger partial charge in [0.15, 0.2) is 23.2 Å². The summed E-state index contributed by atoms with van der Waals surface area (Å²) in [6.45, 7) is 0. The van der Waals surface area contributed by atoms with Crippen molar-refractivity contribution in [1.29, 1.82) is 0 Å². The maximum Gasteiger partial charge on any atom is 0.214 e. The van der Waals surface area contributed by atoms with Crippen molar-refractivity contribution in [2.75, 3.05) is 11.5 Å². The number of aromatic amines is 1. The van der Waals surface area contributed by atoms with Gasteiger partial charge in [-0.15, -0.1) is 0 Å². The minimum absolute atomic E-state index is 0.0471. The molecule has 0 aliphatic rings. The molecule has 0 atom stereocenters. The maximum atomic E-state index is 14.9. The highest BCUT2D eigenvalue weighted by Crippen LogP contribution is 2.31. The number of nitrogen functional groups attached to an aromatic ring is 2. The van der Waals surface area contributed by atoms with Crippen LogP contribution in [0, 0.1) is 23.3 Å². The number of rotatable bonds is 5. The van der Waals surface area contributed by atoms with E-state index in [-0.39, 0.29) is 34.3 Å². The summed E-state index contributed by atoms with van der Waals surface area (Å²) in [4.78, 5) is 15.8. The van der Waals surface area contributed by atoms with Crippen LogP contribution in [0.3, 0.4) is 0 Å². The summed E-state index contributed by atoms with van der Waals surface area (Å²) in [6, 6.07) is 11.0. The van der Waals surface area contributed by atoms with Gasteiger partial charge in [-0.2, -0.15) is 5.10 Å². The average Bonchev–Trinajstić information content (AvgIpc) is 3.38. The molecule has 176 valence electrons. The number of fused-ring (bicyclic) bond motifs is 1. The molecule has 0 fully saturated rings. The molecule has 0 aliphatic heterocycles. The predicted molar refractivity (Wildman–Crippen MR) is 120 cm³/mol. The van der Waals surface area contributed by atoms with Gasteiger partial charge in [-0.25, -0.2) is 22.2 Å².